The number of nitrogens with one attached hydrogen (secondary N) is 1. The summed E-state index contributed by atoms with van der Waals surface area (Å²) in [7, 11) is -3.65. The van der Waals surface area contributed by atoms with Crippen molar-refractivity contribution in [3.63, 3.8) is 0 Å². The van der Waals surface area contributed by atoms with Crippen molar-refractivity contribution >= 4 is 10.0 Å². The third-order valence-electron chi connectivity index (χ3n) is 4.33. The van der Waals surface area contributed by atoms with E-state index in [-0.39, 0.29) is 17.5 Å². The summed E-state index contributed by atoms with van der Waals surface area (Å²) in [4.78, 5) is 0.189. The number of aliphatic hydroxyl groups excluding tert-OH is 1. The number of nitrogens with zero attached hydrogens (tertiary/aromatic N) is 1. The van der Waals surface area contributed by atoms with Gasteiger partial charge in [-0.1, -0.05) is 13.3 Å². The maximum absolute atomic E-state index is 12.5. The van der Waals surface area contributed by atoms with E-state index in [1.165, 1.54) is 12.1 Å². The Morgan fingerprint density at radius 3 is 2.81 bits per heavy atom. The molecule has 2 N–H and O–H groups in total. The van der Waals surface area contributed by atoms with Crippen LogP contribution in [0.2, 0.25) is 0 Å². The van der Waals surface area contributed by atoms with E-state index in [1.807, 2.05) is 13.0 Å². The molecule has 6 heteroatoms. The molecule has 2 rings (SSSR count). The Hall–Kier alpha value is -1.42. The average Bonchev–Trinajstić information content (AvgIpc) is 2.79. The lowest BCUT2D eigenvalue weighted by Crippen LogP contribution is -2.44. The van der Waals surface area contributed by atoms with E-state index in [9.17, 15) is 13.5 Å². The summed E-state index contributed by atoms with van der Waals surface area (Å²) < 4.78 is 27.8. The number of hydrogen-bond acceptors (Lipinski definition) is 4. The highest BCUT2D eigenvalue weighted by Gasteiger charge is 2.40. The second kappa shape index (κ2) is 5.76. The summed E-state index contributed by atoms with van der Waals surface area (Å²) in [6.45, 7) is 3.54. The molecule has 5 nitrogen and oxygen atoms in total. The summed E-state index contributed by atoms with van der Waals surface area (Å²) in [5.41, 5.74) is 0.575. The van der Waals surface area contributed by atoms with E-state index in [4.69, 9.17) is 5.26 Å². The third kappa shape index (κ3) is 3.10. The number of rotatable bonds is 4. The van der Waals surface area contributed by atoms with Crippen molar-refractivity contribution in [3.05, 3.63) is 29.3 Å². The molecule has 1 aromatic carbocycles. The summed E-state index contributed by atoms with van der Waals surface area (Å²) >= 11 is 0. The van der Waals surface area contributed by atoms with E-state index in [0.29, 0.717) is 11.1 Å². The first-order valence-electron chi connectivity index (χ1n) is 6.96. The monoisotopic (exact) mass is 308 g/mol. The molecule has 114 valence electrons. The van der Waals surface area contributed by atoms with Crippen LogP contribution in [0.25, 0.3) is 0 Å². The number of nitriles is 1. The largest absolute Gasteiger partial charge is 0.396 e. The lowest BCUT2D eigenvalue weighted by Gasteiger charge is -2.30. The van der Waals surface area contributed by atoms with Crippen LogP contribution in [0.3, 0.4) is 0 Å². The predicted octanol–water partition coefficient (Wildman–Crippen LogP) is 1.70. The standard InChI is InChI=1S/C15H20N2O3S/c1-11-8-12(9-16)5-6-13(11)21(19,20)17-14-4-3-7-15(14,2)10-18/h5-6,8,14,17-18H,3-4,7,10H2,1-2H3. The van der Waals surface area contributed by atoms with Crippen molar-refractivity contribution in [3.8, 4) is 6.07 Å². The van der Waals surface area contributed by atoms with Gasteiger partial charge < -0.3 is 5.11 Å². The zero-order valence-corrected chi connectivity index (χ0v) is 13.1. The van der Waals surface area contributed by atoms with Crippen molar-refractivity contribution in [2.45, 2.75) is 44.0 Å². The third-order valence-corrected chi connectivity index (χ3v) is 5.97. The minimum atomic E-state index is -3.65. The molecule has 0 aliphatic heterocycles. The van der Waals surface area contributed by atoms with Crippen LogP contribution in [0.15, 0.2) is 23.1 Å². The molecule has 1 aliphatic carbocycles. The Morgan fingerprint density at radius 2 is 2.24 bits per heavy atom. The molecule has 0 saturated heterocycles. The maximum atomic E-state index is 12.5. The fourth-order valence-electron chi connectivity index (χ4n) is 2.89. The molecular formula is C15H20N2O3S. The number of hydrogen-bond donors (Lipinski definition) is 2. The molecular weight excluding hydrogens is 288 g/mol. The van der Waals surface area contributed by atoms with Gasteiger partial charge in [-0.15, -0.1) is 0 Å². The molecule has 1 aromatic rings. The zero-order valence-electron chi connectivity index (χ0n) is 12.3. The van der Waals surface area contributed by atoms with Crippen LogP contribution in [0.5, 0.6) is 0 Å². The highest BCUT2D eigenvalue weighted by atomic mass is 32.2. The second-order valence-corrected chi connectivity index (χ2v) is 7.65. The van der Waals surface area contributed by atoms with Crippen molar-refractivity contribution in [1.82, 2.24) is 4.72 Å². The normalized spacial score (nSPS) is 25.7. The van der Waals surface area contributed by atoms with E-state index < -0.39 is 15.4 Å². The van der Waals surface area contributed by atoms with Gasteiger partial charge in [0.1, 0.15) is 0 Å². The number of aryl methyl sites for hydroxylation is 1. The Morgan fingerprint density at radius 1 is 1.52 bits per heavy atom. The van der Waals surface area contributed by atoms with Gasteiger partial charge in [-0.25, -0.2) is 13.1 Å². The van der Waals surface area contributed by atoms with Gasteiger partial charge in [0.25, 0.3) is 0 Å². The maximum Gasteiger partial charge on any atom is 0.241 e. The summed E-state index contributed by atoms with van der Waals surface area (Å²) in [6, 6.07) is 6.26. The highest BCUT2D eigenvalue weighted by Crippen LogP contribution is 2.38. The SMILES string of the molecule is Cc1cc(C#N)ccc1S(=O)(=O)NC1CCCC1(C)CO. The van der Waals surface area contributed by atoms with Crippen molar-refractivity contribution in [2.24, 2.45) is 5.41 Å². The van der Waals surface area contributed by atoms with Crippen molar-refractivity contribution < 1.29 is 13.5 Å². The lowest BCUT2D eigenvalue weighted by atomic mass is 9.86. The average molecular weight is 308 g/mol. The molecule has 1 fully saturated rings. The first-order chi connectivity index (χ1) is 9.82. The molecule has 0 spiro atoms. The number of aliphatic hydroxyl groups is 1. The van der Waals surface area contributed by atoms with Crippen LogP contribution in [-0.2, 0) is 10.0 Å². The first kappa shape index (κ1) is 16.0. The smallest absolute Gasteiger partial charge is 0.241 e. The summed E-state index contributed by atoms with van der Waals surface area (Å²) in [5.74, 6) is 0. The van der Waals surface area contributed by atoms with Crippen LogP contribution >= 0.6 is 0 Å². The number of sulfonamides is 1. The topological polar surface area (TPSA) is 90.2 Å². The van der Waals surface area contributed by atoms with Gasteiger partial charge in [0.05, 0.1) is 16.5 Å². The van der Waals surface area contributed by atoms with Crippen LogP contribution in [0, 0.1) is 23.7 Å². The fraction of sp³-hybridized carbons (Fsp3) is 0.533. The van der Waals surface area contributed by atoms with Crippen molar-refractivity contribution in [1.29, 1.82) is 5.26 Å². The van der Waals surface area contributed by atoms with Gasteiger partial charge in [0, 0.05) is 18.1 Å². The van der Waals surface area contributed by atoms with Crippen LogP contribution < -0.4 is 4.72 Å². The van der Waals surface area contributed by atoms with Crippen LogP contribution in [0.1, 0.15) is 37.3 Å². The summed E-state index contributed by atoms with van der Waals surface area (Å²) in [6.07, 6.45) is 2.44. The molecule has 0 aromatic heterocycles. The van der Waals surface area contributed by atoms with Crippen LogP contribution in [-0.4, -0.2) is 26.2 Å². The molecule has 21 heavy (non-hydrogen) atoms. The van der Waals surface area contributed by atoms with Gasteiger partial charge >= 0.3 is 0 Å². The van der Waals surface area contributed by atoms with Gasteiger partial charge in [-0.05, 0) is 43.5 Å². The van der Waals surface area contributed by atoms with E-state index in [2.05, 4.69) is 4.72 Å². The van der Waals surface area contributed by atoms with E-state index in [0.717, 1.165) is 19.3 Å². The second-order valence-electron chi connectivity index (χ2n) is 5.97. The molecule has 0 bridgehead atoms. The van der Waals surface area contributed by atoms with Gasteiger partial charge in [-0.2, -0.15) is 5.26 Å². The molecule has 2 atom stereocenters. The molecule has 0 heterocycles. The molecule has 0 radical (unpaired) electrons. The molecule has 0 amide bonds. The minimum Gasteiger partial charge on any atom is -0.396 e. The number of benzene rings is 1. The Labute approximate surface area is 125 Å². The van der Waals surface area contributed by atoms with E-state index in [1.54, 1.807) is 13.0 Å². The lowest BCUT2D eigenvalue weighted by molar-refractivity contribution is 0.127. The van der Waals surface area contributed by atoms with Crippen molar-refractivity contribution in [2.75, 3.05) is 6.61 Å². The van der Waals surface area contributed by atoms with Gasteiger partial charge in [-0.3, -0.25) is 0 Å². The molecule has 1 aliphatic rings. The molecule has 1 saturated carbocycles. The quantitative estimate of drug-likeness (QED) is 0.885. The zero-order chi connectivity index (χ0) is 15.7. The fourth-order valence-corrected chi connectivity index (χ4v) is 4.53. The van der Waals surface area contributed by atoms with Gasteiger partial charge in [0.2, 0.25) is 10.0 Å². The van der Waals surface area contributed by atoms with Gasteiger partial charge in [0.15, 0.2) is 0 Å². The first-order valence-corrected chi connectivity index (χ1v) is 8.45. The molecule has 2 unspecified atom stereocenters. The predicted molar refractivity (Wildman–Crippen MR) is 79.0 cm³/mol. The Kier molecular flexibility index (Phi) is 4.38. The Balaban J connectivity index is 2.29. The van der Waals surface area contributed by atoms with Crippen LogP contribution in [0.4, 0.5) is 0 Å². The van der Waals surface area contributed by atoms with E-state index >= 15 is 0 Å². The summed E-state index contributed by atoms with van der Waals surface area (Å²) in [5, 5.41) is 18.4. The minimum absolute atomic E-state index is 0.0352. The Bertz CT molecular complexity index is 679. The highest BCUT2D eigenvalue weighted by molar-refractivity contribution is 7.89.